The predicted octanol–water partition coefficient (Wildman–Crippen LogP) is 4.85. The molecular weight excluding hydrogens is 474 g/mol. The summed E-state index contributed by atoms with van der Waals surface area (Å²) in [4.78, 5) is 16.4. The van der Waals surface area contributed by atoms with E-state index < -0.39 is 21.7 Å². The molecule has 178 valence electrons. The summed E-state index contributed by atoms with van der Waals surface area (Å²) in [5.41, 5.74) is 4.37. The third-order valence-corrected chi connectivity index (χ3v) is 6.38. The van der Waals surface area contributed by atoms with Crippen molar-refractivity contribution in [2.24, 2.45) is 9.50 Å². The van der Waals surface area contributed by atoms with Gasteiger partial charge in [0.15, 0.2) is 11.0 Å². The van der Waals surface area contributed by atoms with Gasteiger partial charge in [0.05, 0.1) is 21.3 Å². The zero-order valence-corrected chi connectivity index (χ0v) is 20.8. The Morgan fingerprint density at radius 1 is 1.18 bits per heavy atom. The van der Waals surface area contributed by atoms with Gasteiger partial charge >= 0.3 is 6.09 Å². The SMILES string of the molecule is C=CC(=NS(=O)(=O)c1ccc(C)cc1)N/N=C/c1ccc2nc(NC(=O)OC(C)(C)C)sc2c1. The molecule has 1 aromatic heterocycles. The summed E-state index contributed by atoms with van der Waals surface area (Å²) in [6, 6.07) is 11.8. The Bertz CT molecular complexity index is 1370. The van der Waals surface area contributed by atoms with E-state index >= 15 is 0 Å². The molecule has 0 bridgehead atoms. The van der Waals surface area contributed by atoms with E-state index in [-0.39, 0.29) is 10.7 Å². The van der Waals surface area contributed by atoms with Gasteiger partial charge in [-0.3, -0.25) is 10.7 Å². The fourth-order valence-electron chi connectivity index (χ4n) is 2.63. The second-order valence-corrected chi connectivity index (χ2v) is 10.8. The molecule has 11 heteroatoms. The van der Waals surface area contributed by atoms with Crippen molar-refractivity contribution >= 4 is 54.9 Å². The Morgan fingerprint density at radius 2 is 1.88 bits per heavy atom. The molecule has 1 amide bonds. The number of hydrogen-bond acceptors (Lipinski definition) is 7. The van der Waals surface area contributed by atoms with E-state index in [9.17, 15) is 13.2 Å². The highest BCUT2D eigenvalue weighted by atomic mass is 32.2. The molecule has 0 aliphatic carbocycles. The first-order valence-electron chi connectivity index (χ1n) is 10.2. The molecule has 9 nitrogen and oxygen atoms in total. The second kappa shape index (κ2) is 10.1. The Balaban J connectivity index is 1.70. The minimum Gasteiger partial charge on any atom is -0.444 e. The Morgan fingerprint density at radius 3 is 2.53 bits per heavy atom. The molecule has 0 atom stereocenters. The molecule has 0 saturated heterocycles. The number of thiazole rings is 1. The van der Waals surface area contributed by atoms with Gasteiger partial charge in [-0.25, -0.2) is 9.78 Å². The number of carbonyl (C=O) groups is 1. The maximum Gasteiger partial charge on any atom is 0.413 e. The number of aromatic nitrogens is 1. The van der Waals surface area contributed by atoms with Crippen molar-refractivity contribution < 1.29 is 17.9 Å². The van der Waals surface area contributed by atoms with Gasteiger partial charge in [-0.15, -0.1) is 4.40 Å². The van der Waals surface area contributed by atoms with E-state index in [2.05, 4.69) is 31.8 Å². The van der Waals surface area contributed by atoms with Gasteiger partial charge in [0.1, 0.15) is 5.60 Å². The van der Waals surface area contributed by atoms with E-state index in [4.69, 9.17) is 4.74 Å². The van der Waals surface area contributed by atoms with Crippen LogP contribution in [0.15, 0.2) is 69.5 Å². The van der Waals surface area contributed by atoms with Crippen LogP contribution in [0.3, 0.4) is 0 Å². The lowest BCUT2D eigenvalue weighted by Crippen LogP contribution is -2.27. The first kappa shape index (κ1) is 25.1. The quantitative estimate of drug-likeness (QED) is 0.284. The van der Waals surface area contributed by atoms with Crippen molar-refractivity contribution in [3.63, 3.8) is 0 Å². The molecule has 0 saturated carbocycles. The smallest absolute Gasteiger partial charge is 0.413 e. The van der Waals surface area contributed by atoms with Crippen molar-refractivity contribution in [1.82, 2.24) is 10.4 Å². The van der Waals surface area contributed by atoms with Crippen LogP contribution in [-0.4, -0.2) is 37.1 Å². The fraction of sp³-hybridized carbons (Fsp3) is 0.217. The summed E-state index contributed by atoms with van der Waals surface area (Å²) >= 11 is 1.29. The second-order valence-electron chi connectivity index (χ2n) is 8.21. The number of rotatable bonds is 6. The molecular formula is C23H25N5O4S2. The molecule has 0 fully saturated rings. The molecule has 0 aliphatic heterocycles. The number of hydrazone groups is 1. The number of benzene rings is 2. The molecule has 0 aliphatic rings. The molecule has 0 spiro atoms. The topological polar surface area (TPSA) is 122 Å². The van der Waals surface area contributed by atoms with E-state index in [1.807, 2.05) is 13.0 Å². The van der Waals surface area contributed by atoms with Crippen LogP contribution in [0.4, 0.5) is 9.93 Å². The van der Waals surface area contributed by atoms with E-state index in [0.29, 0.717) is 10.6 Å². The monoisotopic (exact) mass is 499 g/mol. The van der Waals surface area contributed by atoms with Gasteiger partial charge in [0.25, 0.3) is 10.0 Å². The lowest BCUT2D eigenvalue weighted by atomic mass is 10.2. The third kappa shape index (κ3) is 6.96. The maximum atomic E-state index is 12.5. The van der Waals surface area contributed by atoms with Gasteiger partial charge in [0, 0.05) is 0 Å². The molecule has 3 aromatic rings. The van der Waals surface area contributed by atoms with Crippen LogP contribution in [0.25, 0.3) is 10.2 Å². The van der Waals surface area contributed by atoms with E-state index in [0.717, 1.165) is 15.8 Å². The van der Waals surface area contributed by atoms with Crippen LogP contribution in [0.2, 0.25) is 0 Å². The zero-order valence-electron chi connectivity index (χ0n) is 19.2. The number of ether oxygens (including phenoxy) is 1. The highest BCUT2D eigenvalue weighted by Crippen LogP contribution is 2.27. The van der Waals surface area contributed by atoms with Crippen LogP contribution < -0.4 is 10.7 Å². The number of amides is 1. The summed E-state index contributed by atoms with van der Waals surface area (Å²) < 4.78 is 34.8. The molecule has 1 heterocycles. The molecule has 3 rings (SSSR count). The van der Waals surface area contributed by atoms with Crippen LogP contribution in [0, 0.1) is 6.92 Å². The molecule has 34 heavy (non-hydrogen) atoms. The van der Waals surface area contributed by atoms with Crippen molar-refractivity contribution in [3.05, 3.63) is 66.2 Å². The van der Waals surface area contributed by atoms with Crippen LogP contribution in [-0.2, 0) is 14.8 Å². The van der Waals surface area contributed by atoms with Crippen molar-refractivity contribution in [2.45, 2.75) is 38.2 Å². The Kier molecular flexibility index (Phi) is 7.48. The number of nitrogens with zero attached hydrogens (tertiary/aromatic N) is 3. The number of anilines is 1. The lowest BCUT2D eigenvalue weighted by Gasteiger charge is -2.18. The third-order valence-electron chi connectivity index (χ3n) is 4.14. The largest absolute Gasteiger partial charge is 0.444 e. The number of aryl methyl sites for hydroxylation is 1. The van der Waals surface area contributed by atoms with Gasteiger partial charge in [-0.05, 0) is 63.6 Å². The number of sulfonamides is 1. The average molecular weight is 500 g/mol. The highest BCUT2D eigenvalue weighted by molar-refractivity contribution is 7.90. The number of nitrogens with one attached hydrogen (secondary N) is 2. The molecule has 2 aromatic carbocycles. The number of amidine groups is 1. The molecule has 0 radical (unpaired) electrons. The van der Waals surface area contributed by atoms with Crippen molar-refractivity contribution in [2.75, 3.05) is 5.32 Å². The zero-order chi connectivity index (χ0) is 24.9. The standard InChI is InChI=1S/C23H25N5O4S2/c1-6-20(28-34(30,31)17-10-7-15(2)8-11-17)27-24-14-16-9-12-18-19(13-16)33-21(25-18)26-22(29)32-23(3,4)5/h6-14H,1H2,2-5H3,(H,27,28)(H,25,26,29)/b24-14+. The first-order valence-corrected chi connectivity index (χ1v) is 12.4. The number of carbonyl (C=O) groups excluding carboxylic acids is 1. The molecule has 2 N–H and O–H groups in total. The Labute approximate surface area is 202 Å². The maximum absolute atomic E-state index is 12.5. The fourth-order valence-corrected chi connectivity index (χ4v) is 4.49. The minimum absolute atomic E-state index is 0.0143. The van der Waals surface area contributed by atoms with Crippen molar-refractivity contribution in [1.29, 1.82) is 0 Å². The highest BCUT2D eigenvalue weighted by Gasteiger charge is 2.17. The average Bonchev–Trinajstić information content (AvgIpc) is 3.13. The van der Waals surface area contributed by atoms with E-state index in [1.165, 1.54) is 35.8 Å². The summed E-state index contributed by atoms with van der Waals surface area (Å²) in [6.07, 6.45) is 2.20. The van der Waals surface area contributed by atoms with Crippen LogP contribution >= 0.6 is 11.3 Å². The van der Waals surface area contributed by atoms with Crippen molar-refractivity contribution in [3.8, 4) is 0 Å². The van der Waals surface area contributed by atoms with Gasteiger partial charge < -0.3 is 4.74 Å². The van der Waals surface area contributed by atoms with Gasteiger partial charge in [-0.2, -0.15) is 13.5 Å². The van der Waals surface area contributed by atoms with Gasteiger partial charge in [0.2, 0.25) is 0 Å². The Hall–Kier alpha value is -3.57. The summed E-state index contributed by atoms with van der Waals surface area (Å²) in [5, 5.41) is 7.10. The van der Waals surface area contributed by atoms with Gasteiger partial charge in [-0.1, -0.05) is 41.7 Å². The van der Waals surface area contributed by atoms with Crippen LogP contribution in [0.5, 0.6) is 0 Å². The summed E-state index contributed by atoms with van der Waals surface area (Å²) in [6.45, 7) is 10.8. The number of hydrogen-bond donors (Lipinski definition) is 2. The normalized spacial score (nSPS) is 12.6. The summed E-state index contributed by atoms with van der Waals surface area (Å²) in [7, 11) is -3.90. The lowest BCUT2D eigenvalue weighted by molar-refractivity contribution is 0.0636. The minimum atomic E-state index is -3.90. The van der Waals surface area contributed by atoms with Crippen LogP contribution in [0.1, 0.15) is 31.9 Å². The predicted molar refractivity (Wildman–Crippen MR) is 136 cm³/mol. The summed E-state index contributed by atoms with van der Waals surface area (Å²) in [5.74, 6) is -0.0143. The molecule has 0 unspecified atom stereocenters. The van der Waals surface area contributed by atoms with E-state index in [1.54, 1.807) is 45.0 Å². The number of fused-ring (bicyclic) bond motifs is 1. The first-order chi connectivity index (χ1) is 15.9.